The lowest BCUT2D eigenvalue weighted by Crippen LogP contribution is -2.61. The molecule has 0 nitrogen and oxygen atoms in total. The summed E-state index contributed by atoms with van der Waals surface area (Å²) >= 11 is 0. The van der Waals surface area contributed by atoms with E-state index in [1.165, 1.54) is 15.2 Å². The molecule has 0 N–H and O–H groups in total. The average Bonchev–Trinajstić information content (AvgIpc) is 2.46. The fourth-order valence-corrected chi connectivity index (χ4v) is 12.4. The van der Waals surface area contributed by atoms with Crippen LogP contribution in [-0.2, 0) is 0 Å². The van der Waals surface area contributed by atoms with E-state index in [1.54, 1.807) is 0 Å². The molecular weight excluding hydrogens is 272 g/mol. The summed E-state index contributed by atoms with van der Waals surface area (Å²) in [5.74, 6) is 0. The van der Waals surface area contributed by atoms with Crippen molar-refractivity contribution in [2.75, 3.05) is 0 Å². The fraction of sp³-hybridized carbons (Fsp3) is 0.222. The predicted octanol–water partition coefficient (Wildman–Crippen LogP) is 3.85. The highest BCUT2D eigenvalue weighted by atomic mass is 28.4. The van der Waals surface area contributed by atoms with Crippen molar-refractivity contribution < 1.29 is 0 Å². The second-order valence-corrected chi connectivity index (χ2v) is 16.2. The van der Waals surface area contributed by atoms with Crippen LogP contribution >= 0.6 is 0 Å². The van der Waals surface area contributed by atoms with Gasteiger partial charge in [-0.05, 0) is 0 Å². The van der Waals surface area contributed by atoms with Crippen LogP contribution in [0.3, 0.4) is 0 Å². The molecule has 0 aliphatic heterocycles. The van der Waals surface area contributed by atoms with Crippen LogP contribution in [0.2, 0.25) is 26.2 Å². The molecular formula is C18H24Si2. The fourth-order valence-electron chi connectivity index (χ4n) is 2.81. The van der Waals surface area contributed by atoms with Crippen molar-refractivity contribution in [1.82, 2.24) is 0 Å². The van der Waals surface area contributed by atoms with E-state index < -0.39 is 16.1 Å². The minimum atomic E-state index is -1.87. The van der Waals surface area contributed by atoms with Crippen LogP contribution in [0, 0.1) is 0 Å². The first kappa shape index (κ1) is 15.0. The van der Waals surface area contributed by atoms with Crippen molar-refractivity contribution >= 4 is 26.5 Å². The molecule has 0 fully saturated rings. The monoisotopic (exact) mass is 296 g/mol. The van der Waals surface area contributed by atoms with Crippen molar-refractivity contribution in [2.45, 2.75) is 26.2 Å². The molecule has 0 aromatic heterocycles. The molecule has 0 aliphatic rings. The molecule has 0 amide bonds. The summed E-state index contributed by atoms with van der Waals surface area (Å²) in [4.78, 5) is 1.52. The summed E-state index contributed by atoms with van der Waals surface area (Å²) in [7, 11) is -3.27. The van der Waals surface area contributed by atoms with E-state index in [0.717, 1.165) is 0 Å². The van der Waals surface area contributed by atoms with Crippen molar-refractivity contribution in [2.24, 2.45) is 0 Å². The number of hydrogen-bond donors (Lipinski definition) is 0. The number of rotatable bonds is 4. The maximum absolute atomic E-state index is 4.57. The van der Waals surface area contributed by atoms with Gasteiger partial charge in [-0.25, -0.2) is 0 Å². The van der Waals surface area contributed by atoms with Gasteiger partial charge >= 0.3 is 0 Å². The van der Waals surface area contributed by atoms with Gasteiger partial charge < -0.3 is 0 Å². The third-order valence-electron chi connectivity index (χ3n) is 4.21. The van der Waals surface area contributed by atoms with Gasteiger partial charge in [0.05, 0.1) is 8.07 Å². The van der Waals surface area contributed by atoms with Crippen LogP contribution < -0.4 is 10.4 Å². The van der Waals surface area contributed by atoms with E-state index >= 15 is 0 Å². The summed E-state index contributed by atoms with van der Waals surface area (Å²) < 4.78 is 0. The molecule has 2 aromatic carbocycles. The second kappa shape index (κ2) is 5.54. The van der Waals surface area contributed by atoms with Gasteiger partial charge in [0.2, 0.25) is 0 Å². The number of benzene rings is 2. The Morgan fingerprint density at radius 2 is 1.05 bits per heavy atom. The van der Waals surface area contributed by atoms with Gasteiger partial charge in [-0.3, -0.25) is 0 Å². The topological polar surface area (TPSA) is 0 Å². The maximum atomic E-state index is 4.57. The van der Waals surface area contributed by atoms with E-state index in [-0.39, 0.29) is 0 Å². The molecule has 2 rings (SSSR count). The highest BCUT2D eigenvalue weighted by Crippen LogP contribution is 2.24. The molecule has 0 heterocycles. The molecule has 0 unspecified atom stereocenters. The zero-order chi connectivity index (χ0) is 14.8. The van der Waals surface area contributed by atoms with E-state index in [9.17, 15) is 0 Å². The summed E-state index contributed by atoms with van der Waals surface area (Å²) in [6.45, 7) is 14.3. The lowest BCUT2D eigenvalue weighted by Gasteiger charge is -2.37. The quantitative estimate of drug-likeness (QED) is 0.752. The third-order valence-corrected chi connectivity index (χ3v) is 14.0. The molecule has 0 aliphatic carbocycles. The Kier molecular flexibility index (Phi) is 4.16. The maximum Gasteiger partial charge on any atom is 0.137 e. The van der Waals surface area contributed by atoms with Crippen molar-refractivity contribution in [1.29, 1.82) is 0 Å². The molecule has 0 radical (unpaired) electrons. The Balaban J connectivity index is 2.65. The van der Waals surface area contributed by atoms with E-state index in [1.807, 2.05) is 0 Å². The first-order chi connectivity index (χ1) is 9.37. The zero-order valence-electron chi connectivity index (χ0n) is 13.0. The minimum absolute atomic E-state index is 1.39. The molecule has 0 spiro atoms. The highest BCUT2D eigenvalue weighted by molar-refractivity contribution is 7.17. The first-order valence-electron chi connectivity index (χ1n) is 7.17. The summed E-state index contributed by atoms with van der Waals surface area (Å²) in [6, 6.07) is 21.9. The average molecular weight is 297 g/mol. The van der Waals surface area contributed by atoms with Crippen LogP contribution in [-0.4, -0.2) is 16.1 Å². The van der Waals surface area contributed by atoms with Gasteiger partial charge in [-0.15, -0.1) is 6.58 Å². The predicted molar refractivity (Wildman–Crippen MR) is 96.3 cm³/mol. The Morgan fingerprint density at radius 3 is 1.35 bits per heavy atom. The Morgan fingerprint density at radius 1 is 0.700 bits per heavy atom. The van der Waals surface area contributed by atoms with Gasteiger partial charge in [0.15, 0.2) is 0 Å². The minimum Gasteiger partial charge on any atom is -0.107 e. The van der Waals surface area contributed by atoms with Gasteiger partial charge in [0.1, 0.15) is 8.07 Å². The SMILES string of the molecule is C=C([Si](C)(C)C)[Si](C)(c1ccccc1)c1ccccc1. The molecule has 0 atom stereocenters. The molecule has 2 aromatic rings. The Hall–Kier alpha value is -1.39. The van der Waals surface area contributed by atoms with E-state index in [4.69, 9.17) is 0 Å². The van der Waals surface area contributed by atoms with Crippen LogP contribution in [0.15, 0.2) is 72.1 Å². The summed E-state index contributed by atoms with van der Waals surface area (Å²) in [6.07, 6.45) is 0. The molecule has 0 saturated heterocycles. The lowest BCUT2D eigenvalue weighted by atomic mass is 10.4. The summed E-state index contributed by atoms with van der Waals surface area (Å²) in [5, 5.41) is 2.94. The Bertz CT molecular complexity index is 540. The number of hydrogen-bond acceptors (Lipinski definition) is 0. The summed E-state index contributed by atoms with van der Waals surface area (Å²) in [5.41, 5.74) is 0. The van der Waals surface area contributed by atoms with Crippen LogP contribution in [0.1, 0.15) is 0 Å². The van der Waals surface area contributed by atoms with Gasteiger partial charge in [0.25, 0.3) is 0 Å². The van der Waals surface area contributed by atoms with Gasteiger partial charge in [-0.2, -0.15) is 0 Å². The van der Waals surface area contributed by atoms with Crippen LogP contribution in [0.25, 0.3) is 0 Å². The lowest BCUT2D eigenvalue weighted by molar-refractivity contribution is 1.65. The van der Waals surface area contributed by atoms with Crippen molar-refractivity contribution in [3.05, 3.63) is 72.1 Å². The molecule has 2 heteroatoms. The first-order valence-corrected chi connectivity index (χ1v) is 13.2. The molecule has 0 bridgehead atoms. The normalized spacial score (nSPS) is 12.2. The van der Waals surface area contributed by atoms with Gasteiger partial charge in [0, 0.05) is 0 Å². The van der Waals surface area contributed by atoms with E-state index in [2.05, 4.69) is 93.4 Å². The standard InChI is InChI=1S/C18H24Si2/c1-16(19(2,3)4)20(5,17-12-8-6-9-13-17)18-14-10-7-11-15-18/h6-15H,1H2,2-5H3. The van der Waals surface area contributed by atoms with Crippen molar-refractivity contribution in [3.63, 3.8) is 0 Å². The highest BCUT2D eigenvalue weighted by Gasteiger charge is 2.40. The molecule has 104 valence electrons. The molecule has 0 saturated carbocycles. The van der Waals surface area contributed by atoms with Gasteiger partial charge in [-0.1, -0.05) is 102 Å². The smallest absolute Gasteiger partial charge is 0.107 e. The largest absolute Gasteiger partial charge is 0.137 e. The Labute approximate surface area is 125 Å². The van der Waals surface area contributed by atoms with Crippen molar-refractivity contribution in [3.8, 4) is 0 Å². The van der Waals surface area contributed by atoms with E-state index in [0.29, 0.717) is 0 Å². The van der Waals surface area contributed by atoms with Crippen LogP contribution in [0.4, 0.5) is 0 Å². The molecule has 20 heavy (non-hydrogen) atoms. The second-order valence-electron chi connectivity index (χ2n) is 6.59. The zero-order valence-corrected chi connectivity index (χ0v) is 15.0. The van der Waals surface area contributed by atoms with Crippen LogP contribution in [0.5, 0.6) is 0 Å². The third kappa shape index (κ3) is 2.72.